The lowest BCUT2D eigenvalue weighted by Crippen LogP contribution is -2.39. The molecule has 0 radical (unpaired) electrons. The van der Waals surface area contributed by atoms with Crippen LogP contribution < -0.4 is 10.6 Å². The number of rotatable bonds is 5. The Balaban J connectivity index is 1.74. The van der Waals surface area contributed by atoms with Crippen LogP contribution in [-0.2, 0) is 11.3 Å². The van der Waals surface area contributed by atoms with E-state index < -0.39 is 6.03 Å². The number of carbonyl (C=O) groups is 2. The molecule has 0 spiro atoms. The van der Waals surface area contributed by atoms with Crippen LogP contribution in [-0.4, -0.2) is 40.6 Å². The molecule has 0 aliphatic heterocycles. The summed E-state index contributed by atoms with van der Waals surface area (Å²) in [6.07, 6.45) is 3.37. The predicted octanol–water partition coefficient (Wildman–Crippen LogP) is 1.19. The highest BCUT2D eigenvalue weighted by atomic mass is 16.2. The zero-order valence-corrected chi connectivity index (χ0v) is 11.7. The Morgan fingerprint density at radius 3 is 2.71 bits per heavy atom. The molecule has 0 atom stereocenters. The average molecular weight is 287 g/mol. The van der Waals surface area contributed by atoms with Crippen molar-refractivity contribution in [2.75, 3.05) is 18.9 Å². The summed E-state index contributed by atoms with van der Waals surface area (Å²) < 4.78 is 0. The summed E-state index contributed by atoms with van der Waals surface area (Å²) in [6.45, 7) is 0.379. The second kappa shape index (κ2) is 7.09. The SMILES string of the molecule is CN(Cc1cn[nH]c1)C(=O)CNC(=O)Nc1ccccc1. The van der Waals surface area contributed by atoms with Crippen molar-refractivity contribution in [3.63, 3.8) is 0 Å². The van der Waals surface area contributed by atoms with Gasteiger partial charge in [0.25, 0.3) is 0 Å². The topological polar surface area (TPSA) is 90.1 Å². The first kappa shape index (κ1) is 14.6. The summed E-state index contributed by atoms with van der Waals surface area (Å²) in [7, 11) is 1.67. The van der Waals surface area contributed by atoms with Gasteiger partial charge < -0.3 is 15.5 Å². The van der Waals surface area contributed by atoms with Gasteiger partial charge in [-0.05, 0) is 12.1 Å². The molecule has 1 aromatic carbocycles. The van der Waals surface area contributed by atoms with E-state index in [0.29, 0.717) is 12.2 Å². The van der Waals surface area contributed by atoms with Crippen LogP contribution in [0, 0.1) is 0 Å². The summed E-state index contributed by atoms with van der Waals surface area (Å²) in [4.78, 5) is 25.0. The zero-order valence-electron chi connectivity index (χ0n) is 11.7. The third-order valence-corrected chi connectivity index (χ3v) is 2.83. The van der Waals surface area contributed by atoms with Crippen LogP contribution in [0.15, 0.2) is 42.7 Å². The number of hydrogen-bond acceptors (Lipinski definition) is 3. The average Bonchev–Trinajstić information content (AvgIpc) is 2.98. The monoisotopic (exact) mass is 287 g/mol. The highest BCUT2D eigenvalue weighted by Gasteiger charge is 2.11. The molecule has 0 saturated heterocycles. The van der Waals surface area contributed by atoms with Crippen molar-refractivity contribution in [2.24, 2.45) is 0 Å². The molecule has 1 heterocycles. The second-order valence-electron chi connectivity index (χ2n) is 4.53. The minimum absolute atomic E-state index is 0.0625. The van der Waals surface area contributed by atoms with Gasteiger partial charge in [0.05, 0.1) is 12.7 Å². The summed E-state index contributed by atoms with van der Waals surface area (Å²) in [6, 6.07) is 8.63. The van der Waals surface area contributed by atoms with Crippen molar-refractivity contribution in [2.45, 2.75) is 6.54 Å². The molecule has 21 heavy (non-hydrogen) atoms. The van der Waals surface area contributed by atoms with Gasteiger partial charge in [-0.2, -0.15) is 5.10 Å². The first-order valence-electron chi connectivity index (χ1n) is 6.46. The molecule has 7 heteroatoms. The molecule has 0 fully saturated rings. The quantitative estimate of drug-likeness (QED) is 0.771. The van der Waals surface area contributed by atoms with Gasteiger partial charge in [-0.3, -0.25) is 9.89 Å². The van der Waals surface area contributed by atoms with Crippen LogP contribution in [0.25, 0.3) is 0 Å². The number of benzene rings is 1. The zero-order chi connectivity index (χ0) is 15.1. The molecule has 0 saturated carbocycles. The lowest BCUT2D eigenvalue weighted by molar-refractivity contribution is -0.129. The second-order valence-corrected chi connectivity index (χ2v) is 4.53. The van der Waals surface area contributed by atoms with Crippen LogP contribution in [0.1, 0.15) is 5.56 Å². The molecule has 3 amide bonds. The normalized spacial score (nSPS) is 9.95. The molecule has 2 rings (SSSR count). The number of likely N-dealkylation sites (N-methyl/N-ethyl adjacent to an activating group) is 1. The molecule has 0 aliphatic rings. The minimum atomic E-state index is -0.411. The van der Waals surface area contributed by atoms with Gasteiger partial charge in [-0.15, -0.1) is 0 Å². The Morgan fingerprint density at radius 2 is 2.05 bits per heavy atom. The third-order valence-electron chi connectivity index (χ3n) is 2.83. The van der Waals surface area contributed by atoms with Crippen molar-refractivity contribution in [3.8, 4) is 0 Å². The summed E-state index contributed by atoms with van der Waals surface area (Å²) in [5.74, 6) is -0.181. The summed E-state index contributed by atoms with van der Waals surface area (Å²) >= 11 is 0. The Kier molecular flexibility index (Phi) is 4.92. The number of nitrogens with zero attached hydrogens (tertiary/aromatic N) is 2. The van der Waals surface area contributed by atoms with E-state index in [0.717, 1.165) is 5.56 Å². The van der Waals surface area contributed by atoms with Gasteiger partial charge in [0, 0.05) is 31.0 Å². The van der Waals surface area contributed by atoms with Crippen LogP contribution >= 0.6 is 0 Å². The van der Waals surface area contributed by atoms with E-state index >= 15 is 0 Å². The number of H-pyrrole nitrogens is 1. The molecule has 7 nitrogen and oxygen atoms in total. The highest BCUT2D eigenvalue weighted by Crippen LogP contribution is 2.04. The molecule has 0 aliphatic carbocycles. The molecule has 1 aromatic heterocycles. The number of urea groups is 1. The fraction of sp³-hybridized carbons (Fsp3) is 0.214. The molecule has 110 valence electrons. The molecule has 0 bridgehead atoms. The van der Waals surface area contributed by atoms with E-state index in [9.17, 15) is 9.59 Å². The standard InChI is InChI=1S/C14H17N5O2/c1-19(10-11-7-16-17-8-11)13(20)9-15-14(21)18-12-5-3-2-4-6-12/h2-8H,9-10H2,1H3,(H,16,17)(H2,15,18,21). The summed E-state index contributed by atoms with van der Waals surface area (Å²) in [5.41, 5.74) is 1.58. The maximum atomic E-state index is 11.9. The first-order chi connectivity index (χ1) is 10.1. The molecule has 0 unspecified atom stereocenters. The number of aromatic nitrogens is 2. The number of aromatic amines is 1. The third kappa shape index (κ3) is 4.64. The Hall–Kier alpha value is -2.83. The van der Waals surface area contributed by atoms with Gasteiger partial charge in [0.15, 0.2) is 0 Å². The Morgan fingerprint density at radius 1 is 1.29 bits per heavy atom. The van der Waals surface area contributed by atoms with E-state index in [1.807, 2.05) is 18.2 Å². The van der Waals surface area contributed by atoms with Crippen LogP contribution in [0.4, 0.5) is 10.5 Å². The number of anilines is 1. The van der Waals surface area contributed by atoms with E-state index in [1.165, 1.54) is 4.90 Å². The number of amides is 3. The van der Waals surface area contributed by atoms with Gasteiger partial charge in [0.2, 0.25) is 5.91 Å². The summed E-state index contributed by atoms with van der Waals surface area (Å²) in [5, 5.41) is 11.7. The van der Waals surface area contributed by atoms with Crippen molar-refractivity contribution in [1.29, 1.82) is 0 Å². The van der Waals surface area contributed by atoms with Gasteiger partial charge >= 0.3 is 6.03 Å². The number of para-hydroxylation sites is 1. The molecule has 2 aromatic rings. The number of nitrogens with one attached hydrogen (secondary N) is 3. The van der Waals surface area contributed by atoms with Gasteiger partial charge in [-0.25, -0.2) is 4.79 Å². The minimum Gasteiger partial charge on any atom is -0.340 e. The maximum absolute atomic E-state index is 11.9. The van der Waals surface area contributed by atoms with Crippen LogP contribution in [0.5, 0.6) is 0 Å². The van der Waals surface area contributed by atoms with Crippen molar-refractivity contribution >= 4 is 17.6 Å². The fourth-order valence-electron chi connectivity index (χ4n) is 1.71. The fourth-order valence-corrected chi connectivity index (χ4v) is 1.71. The highest BCUT2D eigenvalue weighted by molar-refractivity contribution is 5.92. The van der Waals surface area contributed by atoms with E-state index in [2.05, 4.69) is 20.8 Å². The number of hydrogen-bond donors (Lipinski definition) is 3. The Labute approximate surface area is 122 Å². The predicted molar refractivity (Wildman–Crippen MR) is 78.5 cm³/mol. The van der Waals surface area contributed by atoms with Crippen molar-refractivity contribution < 1.29 is 9.59 Å². The number of carbonyl (C=O) groups excluding carboxylic acids is 2. The molecule has 3 N–H and O–H groups in total. The van der Waals surface area contributed by atoms with Gasteiger partial charge in [0.1, 0.15) is 0 Å². The molecular formula is C14H17N5O2. The van der Waals surface area contributed by atoms with E-state index in [-0.39, 0.29) is 12.5 Å². The van der Waals surface area contributed by atoms with Crippen molar-refractivity contribution in [1.82, 2.24) is 20.4 Å². The van der Waals surface area contributed by atoms with Crippen LogP contribution in [0.3, 0.4) is 0 Å². The molecular weight excluding hydrogens is 270 g/mol. The van der Waals surface area contributed by atoms with Gasteiger partial charge in [-0.1, -0.05) is 18.2 Å². The van der Waals surface area contributed by atoms with E-state index in [4.69, 9.17) is 0 Å². The van der Waals surface area contributed by atoms with Crippen LogP contribution in [0.2, 0.25) is 0 Å². The first-order valence-corrected chi connectivity index (χ1v) is 6.46. The smallest absolute Gasteiger partial charge is 0.319 e. The Bertz CT molecular complexity index is 583. The van der Waals surface area contributed by atoms with Crippen molar-refractivity contribution in [3.05, 3.63) is 48.3 Å². The lowest BCUT2D eigenvalue weighted by Gasteiger charge is -2.16. The maximum Gasteiger partial charge on any atom is 0.319 e. The largest absolute Gasteiger partial charge is 0.340 e. The lowest BCUT2D eigenvalue weighted by atomic mass is 10.3. The van der Waals surface area contributed by atoms with E-state index in [1.54, 1.807) is 31.6 Å².